The third-order valence-electron chi connectivity index (χ3n) is 5.55. The first-order valence-corrected chi connectivity index (χ1v) is 8.98. The lowest BCUT2D eigenvalue weighted by Gasteiger charge is -2.30. The monoisotopic (exact) mass is 364 g/mol. The van der Waals surface area contributed by atoms with E-state index in [2.05, 4.69) is 4.98 Å². The number of allylic oxidation sites excluding steroid dienone is 1. The molecule has 2 amide bonds. The van der Waals surface area contributed by atoms with Crippen LogP contribution < -0.4 is 0 Å². The highest BCUT2D eigenvalue weighted by molar-refractivity contribution is 6.07. The Labute approximate surface area is 156 Å². The molecule has 2 aliphatic rings. The van der Waals surface area contributed by atoms with E-state index in [9.17, 15) is 14.4 Å². The van der Waals surface area contributed by atoms with Crippen LogP contribution in [0.5, 0.6) is 0 Å². The fourth-order valence-electron chi connectivity index (χ4n) is 4.07. The molecule has 1 aliphatic carbocycles. The highest BCUT2D eigenvalue weighted by Crippen LogP contribution is 2.41. The van der Waals surface area contributed by atoms with E-state index in [1.165, 1.54) is 7.05 Å². The molecule has 2 heterocycles. The van der Waals surface area contributed by atoms with Gasteiger partial charge >= 0.3 is 5.97 Å². The van der Waals surface area contributed by atoms with Crippen LogP contribution in [0.15, 0.2) is 48.7 Å². The number of likely N-dealkylation sites (tertiary alicyclic amines) is 1. The summed E-state index contributed by atoms with van der Waals surface area (Å²) < 4.78 is 5.58. The smallest absolute Gasteiger partial charge is 0.310 e. The molecule has 4 atom stereocenters. The summed E-state index contributed by atoms with van der Waals surface area (Å²) in [5.41, 5.74) is 1.59. The SMILES string of the molecule is CC1C=CC2C(=O)N(C)C(=O)C2C1C(=O)OCc1cccc2cccnc12. The molecule has 0 saturated carbocycles. The Morgan fingerprint density at radius 3 is 2.74 bits per heavy atom. The van der Waals surface area contributed by atoms with Gasteiger partial charge in [0.25, 0.3) is 0 Å². The van der Waals surface area contributed by atoms with Crippen molar-refractivity contribution in [2.75, 3.05) is 7.05 Å². The summed E-state index contributed by atoms with van der Waals surface area (Å²) in [5.74, 6) is -3.11. The molecule has 1 aromatic heterocycles. The third-order valence-corrected chi connectivity index (χ3v) is 5.55. The van der Waals surface area contributed by atoms with Crippen molar-refractivity contribution >= 4 is 28.7 Å². The molecule has 6 nitrogen and oxygen atoms in total. The number of pyridine rings is 1. The van der Waals surface area contributed by atoms with Gasteiger partial charge in [0.15, 0.2) is 0 Å². The van der Waals surface area contributed by atoms with Gasteiger partial charge in [-0.05, 0) is 12.0 Å². The van der Waals surface area contributed by atoms with Gasteiger partial charge < -0.3 is 4.74 Å². The lowest BCUT2D eigenvalue weighted by Crippen LogP contribution is -2.39. The Balaban J connectivity index is 1.56. The molecule has 6 heteroatoms. The molecule has 1 aromatic carbocycles. The number of carbonyl (C=O) groups excluding carboxylic acids is 3. The average molecular weight is 364 g/mol. The van der Waals surface area contributed by atoms with E-state index in [1.807, 2.05) is 43.3 Å². The van der Waals surface area contributed by atoms with Crippen LogP contribution in [0.2, 0.25) is 0 Å². The summed E-state index contributed by atoms with van der Waals surface area (Å²) in [7, 11) is 1.46. The normalized spacial score (nSPS) is 27.1. The molecule has 4 unspecified atom stereocenters. The summed E-state index contributed by atoms with van der Waals surface area (Å²) in [4.78, 5) is 43.1. The van der Waals surface area contributed by atoms with Gasteiger partial charge in [-0.3, -0.25) is 24.3 Å². The Hall–Kier alpha value is -3.02. The van der Waals surface area contributed by atoms with Crippen LogP contribution in [-0.4, -0.2) is 34.7 Å². The lowest BCUT2D eigenvalue weighted by molar-refractivity contribution is -0.157. The Morgan fingerprint density at radius 2 is 1.93 bits per heavy atom. The third kappa shape index (κ3) is 2.81. The fraction of sp³-hybridized carbons (Fsp3) is 0.333. The zero-order valence-corrected chi connectivity index (χ0v) is 15.2. The lowest BCUT2D eigenvalue weighted by atomic mass is 9.72. The minimum Gasteiger partial charge on any atom is -0.460 e. The van der Waals surface area contributed by atoms with Crippen molar-refractivity contribution in [3.05, 3.63) is 54.2 Å². The van der Waals surface area contributed by atoms with E-state index in [0.29, 0.717) is 0 Å². The number of hydrogen-bond acceptors (Lipinski definition) is 5. The van der Waals surface area contributed by atoms with Gasteiger partial charge in [0.1, 0.15) is 6.61 Å². The molecule has 0 N–H and O–H groups in total. The summed E-state index contributed by atoms with van der Waals surface area (Å²) in [6.45, 7) is 1.95. The van der Waals surface area contributed by atoms with Crippen LogP contribution in [0.3, 0.4) is 0 Å². The molecule has 4 rings (SSSR count). The maximum atomic E-state index is 12.9. The average Bonchev–Trinajstić information content (AvgIpc) is 2.90. The number of imide groups is 1. The number of amides is 2. The number of hydrogen-bond donors (Lipinski definition) is 0. The topological polar surface area (TPSA) is 76.6 Å². The predicted octanol–water partition coefficient (Wildman–Crippen LogP) is 2.33. The predicted molar refractivity (Wildman–Crippen MR) is 98.1 cm³/mol. The Kier molecular flexibility index (Phi) is 4.26. The van der Waals surface area contributed by atoms with Gasteiger partial charge in [-0.1, -0.05) is 43.3 Å². The number of aromatic nitrogens is 1. The molecule has 0 spiro atoms. The number of carbonyl (C=O) groups is 3. The Bertz CT molecular complexity index is 962. The number of benzene rings is 1. The van der Waals surface area contributed by atoms with E-state index in [4.69, 9.17) is 4.74 Å². The van der Waals surface area contributed by atoms with Crippen molar-refractivity contribution < 1.29 is 19.1 Å². The van der Waals surface area contributed by atoms with E-state index >= 15 is 0 Å². The highest BCUT2D eigenvalue weighted by Gasteiger charge is 2.53. The number of fused-ring (bicyclic) bond motifs is 2. The number of ether oxygens (including phenoxy) is 1. The van der Waals surface area contributed by atoms with Crippen LogP contribution in [0.25, 0.3) is 10.9 Å². The first kappa shape index (κ1) is 17.4. The second kappa shape index (κ2) is 6.61. The van der Waals surface area contributed by atoms with E-state index in [-0.39, 0.29) is 24.3 Å². The largest absolute Gasteiger partial charge is 0.460 e. The zero-order valence-electron chi connectivity index (χ0n) is 15.2. The van der Waals surface area contributed by atoms with Gasteiger partial charge in [0.2, 0.25) is 11.8 Å². The minimum atomic E-state index is -0.680. The van der Waals surface area contributed by atoms with E-state index in [0.717, 1.165) is 21.4 Å². The van der Waals surface area contributed by atoms with Crippen LogP contribution >= 0.6 is 0 Å². The fourth-order valence-corrected chi connectivity index (χ4v) is 4.07. The quantitative estimate of drug-likeness (QED) is 0.475. The maximum Gasteiger partial charge on any atom is 0.310 e. The van der Waals surface area contributed by atoms with Gasteiger partial charge in [0, 0.05) is 24.2 Å². The van der Waals surface area contributed by atoms with Gasteiger partial charge in [-0.2, -0.15) is 0 Å². The Morgan fingerprint density at radius 1 is 1.15 bits per heavy atom. The summed E-state index contributed by atoms with van der Waals surface area (Å²) in [5, 5.41) is 0.971. The highest BCUT2D eigenvalue weighted by atomic mass is 16.5. The van der Waals surface area contributed by atoms with Crippen LogP contribution in [0.1, 0.15) is 12.5 Å². The summed E-state index contributed by atoms with van der Waals surface area (Å²) in [6.07, 6.45) is 5.28. The first-order valence-electron chi connectivity index (χ1n) is 8.98. The molecule has 0 radical (unpaired) electrons. The zero-order chi connectivity index (χ0) is 19.1. The number of para-hydroxylation sites is 1. The molecular formula is C21H20N2O4. The minimum absolute atomic E-state index is 0.0789. The molecule has 1 saturated heterocycles. The molecule has 27 heavy (non-hydrogen) atoms. The van der Waals surface area contributed by atoms with Crippen LogP contribution in [0.4, 0.5) is 0 Å². The summed E-state index contributed by atoms with van der Waals surface area (Å²) in [6, 6.07) is 9.51. The number of rotatable bonds is 3. The van der Waals surface area contributed by atoms with Gasteiger partial charge in [0.05, 0.1) is 23.3 Å². The van der Waals surface area contributed by atoms with Crippen molar-refractivity contribution in [2.24, 2.45) is 23.7 Å². The molecule has 138 valence electrons. The van der Waals surface area contributed by atoms with Crippen molar-refractivity contribution in [3.8, 4) is 0 Å². The van der Waals surface area contributed by atoms with E-state index < -0.39 is 23.7 Å². The van der Waals surface area contributed by atoms with Crippen LogP contribution in [-0.2, 0) is 25.7 Å². The van der Waals surface area contributed by atoms with Gasteiger partial charge in [-0.25, -0.2) is 0 Å². The van der Waals surface area contributed by atoms with Crippen molar-refractivity contribution in [3.63, 3.8) is 0 Å². The van der Waals surface area contributed by atoms with Crippen molar-refractivity contribution in [1.29, 1.82) is 0 Å². The molecule has 2 aromatic rings. The van der Waals surface area contributed by atoms with Crippen molar-refractivity contribution in [1.82, 2.24) is 9.88 Å². The first-order chi connectivity index (χ1) is 13.0. The number of nitrogens with zero attached hydrogens (tertiary/aromatic N) is 2. The van der Waals surface area contributed by atoms with Gasteiger partial charge in [-0.15, -0.1) is 0 Å². The molecule has 1 fully saturated rings. The summed E-state index contributed by atoms with van der Waals surface area (Å²) >= 11 is 0. The second-order valence-corrected chi connectivity index (χ2v) is 7.16. The van der Waals surface area contributed by atoms with Crippen LogP contribution in [0, 0.1) is 23.7 Å². The molecule has 0 bridgehead atoms. The standard InChI is InChI=1S/C21H20N2O4/c1-12-8-9-15-17(20(25)23(2)19(15)24)16(12)21(26)27-11-14-6-3-5-13-7-4-10-22-18(13)14/h3-10,12,15-17H,11H2,1-2H3. The van der Waals surface area contributed by atoms with Crippen molar-refractivity contribution in [2.45, 2.75) is 13.5 Å². The molecule has 1 aliphatic heterocycles. The maximum absolute atomic E-state index is 12.9. The molecular weight excluding hydrogens is 344 g/mol. The number of esters is 1. The second-order valence-electron chi connectivity index (χ2n) is 7.16. The van der Waals surface area contributed by atoms with E-state index in [1.54, 1.807) is 12.3 Å².